The van der Waals surface area contributed by atoms with Crippen molar-refractivity contribution in [2.75, 3.05) is 5.32 Å². The summed E-state index contributed by atoms with van der Waals surface area (Å²) in [5, 5.41) is 12.6. The molecule has 4 N–H and O–H groups in total. The third-order valence-corrected chi connectivity index (χ3v) is 2.54. The summed E-state index contributed by atoms with van der Waals surface area (Å²) in [4.78, 5) is 11.9. The first-order valence-electron chi connectivity index (χ1n) is 5.73. The number of rotatable bonds is 3. The fourth-order valence-electron chi connectivity index (χ4n) is 1.57. The van der Waals surface area contributed by atoms with Crippen LogP contribution in [-0.4, -0.2) is 16.2 Å². The number of thiocarbonyl (C=S) groups is 1. The Hall–Kier alpha value is -2.60. The standard InChI is InChI=1S/C14H12N2O3S/c15-14(20)16-9-6-7-11(12(17)8-9)13(18)19-10-4-2-1-3-5-10/h1-8,17H,(H3,15,16,20). The van der Waals surface area contributed by atoms with E-state index in [1.54, 1.807) is 30.3 Å². The van der Waals surface area contributed by atoms with Crippen LogP contribution in [0.15, 0.2) is 48.5 Å². The van der Waals surface area contributed by atoms with Crippen molar-refractivity contribution < 1.29 is 14.6 Å². The van der Waals surface area contributed by atoms with Gasteiger partial charge in [0.05, 0.1) is 0 Å². The number of nitrogens with two attached hydrogens (primary N) is 1. The van der Waals surface area contributed by atoms with Crippen LogP contribution in [-0.2, 0) is 0 Å². The average molecular weight is 288 g/mol. The van der Waals surface area contributed by atoms with Gasteiger partial charge in [0.25, 0.3) is 0 Å². The quantitative estimate of drug-likeness (QED) is 0.456. The molecule has 0 heterocycles. The second-order valence-electron chi connectivity index (χ2n) is 3.92. The molecule has 6 heteroatoms. The second kappa shape index (κ2) is 6.03. The first kappa shape index (κ1) is 13.8. The lowest BCUT2D eigenvalue weighted by Gasteiger charge is -2.08. The van der Waals surface area contributed by atoms with E-state index in [4.69, 9.17) is 10.5 Å². The summed E-state index contributed by atoms with van der Waals surface area (Å²) in [6.45, 7) is 0. The van der Waals surface area contributed by atoms with E-state index in [1.165, 1.54) is 12.1 Å². The van der Waals surface area contributed by atoms with Crippen molar-refractivity contribution in [2.45, 2.75) is 0 Å². The molecule has 2 aromatic carbocycles. The van der Waals surface area contributed by atoms with Gasteiger partial charge in [-0.1, -0.05) is 18.2 Å². The number of phenolic OH excluding ortho intramolecular Hbond substituents is 1. The number of carbonyl (C=O) groups is 1. The van der Waals surface area contributed by atoms with E-state index < -0.39 is 5.97 Å². The fourth-order valence-corrected chi connectivity index (χ4v) is 1.69. The maximum Gasteiger partial charge on any atom is 0.347 e. The van der Waals surface area contributed by atoms with E-state index in [0.717, 1.165) is 0 Å². The smallest absolute Gasteiger partial charge is 0.347 e. The Bertz CT molecular complexity index is 644. The van der Waals surface area contributed by atoms with Crippen LogP contribution in [0.5, 0.6) is 11.5 Å². The van der Waals surface area contributed by atoms with Gasteiger partial charge in [-0.3, -0.25) is 0 Å². The van der Waals surface area contributed by atoms with Crippen LogP contribution in [0.25, 0.3) is 0 Å². The summed E-state index contributed by atoms with van der Waals surface area (Å²) in [5.74, 6) is -0.454. The van der Waals surface area contributed by atoms with Crippen molar-refractivity contribution in [1.29, 1.82) is 0 Å². The second-order valence-corrected chi connectivity index (χ2v) is 4.36. The molecule has 0 bridgehead atoms. The number of esters is 1. The zero-order valence-corrected chi connectivity index (χ0v) is 11.2. The monoisotopic (exact) mass is 288 g/mol. The fraction of sp³-hybridized carbons (Fsp3) is 0. The van der Waals surface area contributed by atoms with Crippen molar-refractivity contribution in [2.24, 2.45) is 5.73 Å². The molecule has 20 heavy (non-hydrogen) atoms. The molecule has 102 valence electrons. The lowest BCUT2D eigenvalue weighted by atomic mass is 10.2. The SMILES string of the molecule is NC(=S)Nc1ccc(C(=O)Oc2ccccc2)c(O)c1. The Labute approximate surface area is 121 Å². The zero-order chi connectivity index (χ0) is 14.5. The van der Waals surface area contributed by atoms with Gasteiger partial charge in [0.2, 0.25) is 0 Å². The van der Waals surface area contributed by atoms with Gasteiger partial charge >= 0.3 is 5.97 Å². The Balaban J connectivity index is 2.16. The van der Waals surface area contributed by atoms with Gasteiger partial charge in [-0.2, -0.15) is 0 Å². The molecule has 0 aromatic heterocycles. The van der Waals surface area contributed by atoms with Crippen LogP contribution < -0.4 is 15.8 Å². The lowest BCUT2D eigenvalue weighted by molar-refractivity contribution is 0.0732. The molecule has 0 saturated carbocycles. The highest BCUT2D eigenvalue weighted by Gasteiger charge is 2.14. The molecule has 0 spiro atoms. The summed E-state index contributed by atoms with van der Waals surface area (Å²) < 4.78 is 5.13. The number of anilines is 1. The van der Waals surface area contributed by atoms with E-state index in [9.17, 15) is 9.90 Å². The molecule has 2 aromatic rings. The molecular weight excluding hydrogens is 276 g/mol. The van der Waals surface area contributed by atoms with Crippen LogP contribution in [0, 0.1) is 0 Å². The molecule has 0 aliphatic heterocycles. The number of para-hydroxylation sites is 1. The molecule has 0 aliphatic rings. The average Bonchev–Trinajstić information content (AvgIpc) is 2.39. The number of phenols is 1. The van der Waals surface area contributed by atoms with Crippen LogP contribution in [0.1, 0.15) is 10.4 Å². The summed E-state index contributed by atoms with van der Waals surface area (Å²) in [5.41, 5.74) is 5.87. The Morgan fingerprint density at radius 3 is 2.50 bits per heavy atom. The molecule has 0 unspecified atom stereocenters. The van der Waals surface area contributed by atoms with Crippen LogP contribution >= 0.6 is 12.2 Å². The Kier molecular flexibility index (Phi) is 4.17. The normalized spacial score (nSPS) is 9.80. The topological polar surface area (TPSA) is 84.6 Å². The minimum Gasteiger partial charge on any atom is -0.507 e. The minimum absolute atomic E-state index is 0.0577. The largest absolute Gasteiger partial charge is 0.507 e. The van der Waals surface area contributed by atoms with Crippen molar-refractivity contribution in [1.82, 2.24) is 0 Å². The van der Waals surface area contributed by atoms with E-state index in [-0.39, 0.29) is 16.4 Å². The van der Waals surface area contributed by atoms with E-state index in [1.807, 2.05) is 6.07 Å². The zero-order valence-electron chi connectivity index (χ0n) is 10.4. The summed E-state index contributed by atoms with van der Waals surface area (Å²) in [6, 6.07) is 13.0. The van der Waals surface area contributed by atoms with E-state index in [2.05, 4.69) is 17.5 Å². The van der Waals surface area contributed by atoms with Gasteiger partial charge < -0.3 is 20.9 Å². The maximum absolute atomic E-state index is 11.9. The molecule has 5 nitrogen and oxygen atoms in total. The van der Waals surface area contributed by atoms with Gasteiger partial charge in [-0.05, 0) is 36.5 Å². The molecular formula is C14H12N2O3S. The van der Waals surface area contributed by atoms with Gasteiger partial charge in [0, 0.05) is 11.8 Å². The van der Waals surface area contributed by atoms with E-state index in [0.29, 0.717) is 11.4 Å². The molecule has 0 atom stereocenters. The third-order valence-electron chi connectivity index (χ3n) is 2.44. The molecule has 0 radical (unpaired) electrons. The van der Waals surface area contributed by atoms with Crippen molar-refractivity contribution in [3.05, 3.63) is 54.1 Å². The number of hydrogen-bond donors (Lipinski definition) is 3. The van der Waals surface area contributed by atoms with E-state index >= 15 is 0 Å². The van der Waals surface area contributed by atoms with Gasteiger partial charge in [0.1, 0.15) is 17.1 Å². The molecule has 2 rings (SSSR count). The van der Waals surface area contributed by atoms with Crippen molar-refractivity contribution >= 4 is 29.0 Å². The number of carbonyl (C=O) groups excluding carboxylic acids is 1. The highest BCUT2D eigenvalue weighted by Crippen LogP contribution is 2.23. The highest BCUT2D eigenvalue weighted by molar-refractivity contribution is 7.80. The minimum atomic E-state index is -0.643. The molecule has 0 aliphatic carbocycles. The first-order chi connectivity index (χ1) is 9.56. The third kappa shape index (κ3) is 3.46. The van der Waals surface area contributed by atoms with Crippen molar-refractivity contribution in [3.8, 4) is 11.5 Å². The van der Waals surface area contributed by atoms with Gasteiger partial charge in [-0.25, -0.2) is 4.79 Å². The number of aromatic hydroxyl groups is 1. The molecule has 0 fully saturated rings. The summed E-state index contributed by atoms with van der Waals surface area (Å²) >= 11 is 4.69. The highest BCUT2D eigenvalue weighted by atomic mass is 32.1. The predicted molar refractivity (Wildman–Crippen MR) is 79.9 cm³/mol. The Morgan fingerprint density at radius 1 is 1.20 bits per heavy atom. The van der Waals surface area contributed by atoms with Crippen LogP contribution in [0.4, 0.5) is 5.69 Å². The predicted octanol–water partition coefficient (Wildman–Crippen LogP) is 2.27. The van der Waals surface area contributed by atoms with Gasteiger partial charge in [0.15, 0.2) is 5.11 Å². The molecule has 0 amide bonds. The summed E-state index contributed by atoms with van der Waals surface area (Å²) in [7, 11) is 0. The molecule has 0 saturated heterocycles. The van der Waals surface area contributed by atoms with Crippen LogP contribution in [0.2, 0.25) is 0 Å². The number of ether oxygens (including phenoxy) is 1. The lowest BCUT2D eigenvalue weighted by Crippen LogP contribution is -2.19. The summed E-state index contributed by atoms with van der Waals surface area (Å²) in [6.07, 6.45) is 0. The first-order valence-corrected chi connectivity index (χ1v) is 6.14. The number of hydrogen-bond acceptors (Lipinski definition) is 4. The number of nitrogens with one attached hydrogen (secondary N) is 1. The maximum atomic E-state index is 11.9. The van der Waals surface area contributed by atoms with Gasteiger partial charge in [-0.15, -0.1) is 0 Å². The van der Waals surface area contributed by atoms with Crippen LogP contribution in [0.3, 0.4) is 0 Å². The van der Waals surface area contributed by atoms with Crippen molar-refractivity contribution in [3.63, 3.8) is 0 Å². The Morgan fingerprint density at radius 2 is 1.90 bits per heavy atom. The number of benzene rings is 2.